The third-order valence-corrected chi connectivity index (χ3v) is 4.84. The molecule has 2 heterocycles. The van der Waals surface area contributed by atoms with Crippen LogP contribution in [-0.2, 0) is 4.79 Å². The van der Waals surface area contributed by atoms with Crippen LogP contribution in [0.25, 0.3) is 0 Å². The zero-order valence-electron chi connectivity index (χ0n) is 15.4. The van der Waals surface area contributed by atoms with E-state index < -0.39 is 0 Å². The molecule has 0 saturated carbocycles. The predicted octanol–water partition coefficient (Wildman–Crippen LogP) is 3.70. The third kappa shape index (κ3) is 5.11. The molecule has 1 aliphatic rings. The van der Waals surface area contributed by atoms with Gasteiger partial charge in [0.1, 0.15) is 11.5 Å². The van der Waals surface area contributed by atoms with Crippen molar-refractivity contribution in [2.75, 3.05) is 26.2 Å². The van der Waals surface area contributed by atoms with Crippen LogP contribution in [-0.4, -0.2) is 37.0 Å². The van der Waals surface area contributed by atoms with Crippen molar-refractivity contribution in [3.8, 4) is 5.75 Å². The van der Waals surface area contributed by atoms with E-state index in [1.54, 1.807) is 6.26 Å². The number of amides is 1. The Morgan fingerprint density at radius 2 is 2.04 bits per heavy atom. The van der Waals surface area contributed by atoms with E-state index in [4.69, 9.17) is 9.15 Å². The van der Waals surface area contributed by atoms with Gasteiger partial charge in [0.05, 0.1) is 18.9 Å². The first-order valence-corrected chi connectivity index (χ1v) is 9.46. The molecule has 1 atom stereocenters. The molecule has 1 N–H and O–H groups in total. The molecule has 1 saturated heterocycles. The predicted molar refractivity (Wildman–Crippen MR) is 101 cm³/mol. The van der Waals surface area contributed by atoms with Gasteiger partial charge in [-0.05, 0) is 63.0 Å². The highest BCUT2D eigenvalue weighted by molar-refractivity contribution is 5.75. The molecule has 1 aliphatic heterocycles. The molecule has 1 aromatic heterocycles. The van der Waals surface area contributed by atoms with Crippen LogP contribution in [0.3, 0.4) is 0 Å². The first-order chi connectivity index (χ1) is 12.7. The molecule has 5 heteroatoms. The summed E-state index contributed by atoms with van der Waals surface area (Å²) in [5.41, 5.74) is 1.11. The number of hydrogen-bond acceptors (Lipinski definition) is 4. The number of rotatable bonds is 9. The minimum atomic E-state index is 0.0640. The number of carbonyl (C=O) groups is 1. The Labute approximate surface area is 155 Å². The number of aryl methyl sites for hydroxylation is 1. The van der Waals surface area contributed by atoms with E-state index in [9.17, 15) is 4.79 Å². The number of ether oxygens (including phenoxy) is 1. The minimum absolute atomic E-state index is 0.0640. The molecular formula is C21H28N2O3. The summed E-state index contributed by atoms with van der Waals surface area (Å²) in [6.07, 6.45) is 5.29. The second kappa shape index (κ2) is 9.43. The molecule has 0 aliphatic carbocycles. The summed E-state index contributed by atoms with van der Waals surface area (Å²) in [6, 6.07) is 12.0. The summed E-state index contributed by atoms with van der Waals surface area (Å²) < 4.78 is 11.3. The van der Waals surface area contributed by atoms with Crippen LogP contribution >= 0.6 is 0 Å². The van der Waals surface area contributed by atoms with Gasteiger partial charge < -0.3 is 14.5 Å². The molecule has 0 radical (unpaired) electrons. The first-order valence-electron chi connectivity index (χ1n) is 9.46. The zero-order chi connectivity index (χ0) is 18.2. The smallest absolute Gasteiger partial charge is 0.220 e. The SMILES string of the molecule is Cc1ccccc1OCCCC(=O)NCC(c1ccco1)N1CCCC1. The largest absolute Gasteiger partial charge is 0.493 e. The van der Waals surface area contributed by atoms with Crippen LogP contribution in [0, 0.1) is 6.92 Å². The maximum atomic E-state index is 12.2. The fraction of sp³-hybridized carbons (Fsp3) is 0.476. The molecule has 0 spiro atoms. The Kier molecular flexibility index (Phi) is 6.72. The van der Waals surface area contributed by atoms with Crippen LogP contribution in [0.15, 0.2) is 47.1 Å². The summed E-state index contributed by atoms with van der Waals surface area (Å²) in [5, 5.41) is 3.06. The highest BCUT2D eigenvalue weighted by atomic mass is 16.5. The van der Waals surface area contributed by atoms with E-state index in [0.29, 0.717) is 26.0 Å². The van der Waals surface area contributed by atoms with Gasteiger partial charge in [0, 0.05) is 13.0 Å². The van der Waals surface area contributed by atoms with Crippen LogP contribution in [0.4, 0.5) is 0 Å². The maximum absolute atomic E-state index is 12.2. The highest BCUT2D eigenvalue weighted by Crippen LogP contribution is 2.24. The van der Waals surface area contributed by atoms with Crippen molar-refractivity contribution < 1.29 is 13.9 Å². The quantitative estimate of drug-likeness (QED) is 0.696. The number of para-hydroxylation sites is 1. The minimum Gasteiger partial charge on any atom is -0.493 e. The van der Waals surface area contributed by atoms with Gasteiger partial charge in [0.15, 0.2) is 0 Å². The molecule has 0 bridgehead atoms. The van der Waals surface area contributed by atoms with Gasteiger partial charge in [0.2, 0.25) is 5.91 Å². The average molecular weight is 356 g/mol. The fourth-order valence-corrected chi connectivity index (χ4v) is 3.38. The van der Waals surface area contributed by atoms with Crippen molar-refractivity contribution in [3.05, 3.63) is 54.0 Å². The fourth-order valence-electron chi connectivity index (χ4n) is 3.38. The zero-order valence-corrected chi connectivity index (χ0v) is 15.4. The lowest BCUT2D eigenvalue weighted by Crippen LogP contribution is -2.36. The van der Waals surface area contributed by atoms with Gasteiger partial charge in [0.25, 0.3) is 0 Å². The molecule has 140 valence electrons. The van der Waals surface area contributed by atoms with Crippen LogP contribution in [0.1, 0.15) is 43.0 Å². The van der Waals surface area contributed by atoms with Gasteiger partial charge in [-0.1, -0.05) is 18.2 Å². The number of nitrogens with zero attached hydrogens (tertiary/aromatic N) is 1. The lowest BCUT2D eigenvalue weighted by molar-refractivity contribution is -0.121. The van der Waals surface area contributed by atoms with Gasteiger partial charge in [-0.15, -0.1) is 0 Å². The Morgan fingerprint density at radius 3 is 2.77 bits per heavy atom. The lowest BCUT2D eigenvalue weighted by Gasteiger charge is -2.26. The standard InChI is InChI=1S/C21H28N2O3/c1-17-8-2-3-9-19(17)25-15-7-11-21(24)22-16-18(20-10-6-14-26-20)23-12-4-5-13-23/h2-3,6,8-10,14,18H,4-5,7,11-13,15-16H2,1H3,(H,22,24). The van der Waals surface area contributed by atoms with Crippen molar-refractivity contribution in [1.29, 1.82) is 0 Å². The summed E-state index contributed by atoms with van der Waals surface area (Å²) in [6.45, 7) is 5.28. The number of hydrogen-bond donors (Lipinski definition) is 1. The second-order valence-electron chi connectivity index (χ2n) is 6.80. The van der Waals surface area contributed by atoms with E-state index in [-0.39, 0.29) is 11.9 Å². The number of nitrogens with one attached hydrogen (secondary N) is 1. The molecule has 1 aromatic carbocycles. The lowest BCUT2D eigenvalue weighted by atomic mass is 10.2. The van der Waals surface area contributed by atoms with Crippen LogP contribution in [0.5, 0.6) is 5.75 Å². The summed E-state index contributed by atoms with van der Waals surface area (Å²) in [7, 11) is 0. The number of likely N-dealkylation sites (tertiary alicyclic amines) is 1. The van der Waals surface area contributed by atoms with Crippen molar-refractivity contribution in [1.82, 2.24) is 10.2 Å². The Morgan fingerprint density at radius 1 is 1.23 bits per heavy atom. The molecule has 1 unspecified atom stereocenters. The molecule has 1 fully saturated rings. The first kappa shape index (κ1) is 18.5. The summed E-state index contributed by atoms with van der Waals surface area (Å²) in [4.78, 5) is 14.6. The molecule has 5 nitrogen and oxygen atoms in total. The summed E-state index contributed by atoms with van der Waals surface area (Å²) >= 11 is 0. The number of furan rings is 1. The van der Waals surface area contributed by atoms with E-state index in [2.05, 4.69) is 10.2 Å². The Bertz CT molecular complexity index is 678. The van der Waals surface area contributed by atoms with Crippen molar-refractivity contribution in [2.45, 2.75) is 38.6 Å². The molecule has 3 rings (SSSR count). The molecular weight excluding hydrogens is 328 g/mol. The van der Waals surface area contributed by atoms with Gasteiger partial charge in [-0.3, -0.25) is 9.69 Å². The topological polar surface area (TPSA) is 54.7 Å². The number of benzene rings is 1. The maximum Gasteiger partial charge on any atom is 0.220 e. The highest BCUT2D eigenvalue weighted by Gasteiger charge is 2.25. The Hall–Kier alpha value is -2.27. The van der Waals surface area contributed by atoms with Crippen molar-refractivity contribution in [2.24, 2.45) is 0 Å². The molecule has 26 heavy (non-hydrogen) atoms. The molecule has 2 aromatic rings. The Balaban J connectivity index is 1.40. The van der Waals surface area contributed by atoms with E-state index in [0.717, 1.165) is 30.2 Å². The van der Waals surface area contributed by atoms with Gasteiger partial charge in [-0.2, -0.15) is 0 Å². The normalized spacial score (nSPS) is 15.7. The number of carbonyl (C=O) groups excluding carboxylic acids is 1. The summed E-state index contributed by atoms with van der Waals surface area (Å²) in [5.74, 6) is 1.88. The molecule has 1 amide bonds. The van der Waals surface area contributed by atoms with Crippen LogP contribution < -0.4 is 10.1 Å². The van der Waals surface area contributed by atoms with Crippen LogP contribution in [0.2, 0.25) is 0 Å². The third-order valence-electron chi connectivity index (χ3n) is 4.84. The second-order valence-corrected chi connectivity index (χ2v) is 6.80. The van der Waals surface area contributed by atoms with E-state index in [1.165, 1.54) is 12.8 Å². The monoisotopic (exact) mass is 356 g/mol. The van der Waals surface area contributed by atoms with E-state index in [1.807, 2.05) is 43.3 Å². The average Bonchev–Trinajstić information content (AvgIpc) is 3.35. The van der Waals surface area contributed by atoms with E-state index >= 15 is 0 Å². The van der Waals surface area contributed by atoms with Crippen molar-refractivity contribution in [3.63, 3.8) is 0 Å². The van der Waals surface area contributed by atoms with Gasteiger partial charge >= 0.3 is 0 Å². The van der Waals surface area contributed by atoms with Gasteiger partial charge in [-0.25, -0.2) is 0 Å². The van der Waals surface area contributed by atoms with Crippen molar-refractivity contribution >= 4 is 5.91 Å².